The number of hydrogen-bond donors (Lipinski definition) is 2. The summed E-state index contributed by atoms with van der Waals surface area (Å²) >= 11 is 0. The number of ether oxygens (including phenoxy) is 1. The fourth-order valence-corrected chi connectivity index (χ4v) is 1.59. The number of amides is 2. The summed E-state index contributed by atoms with van der Waals surface area (Å²) in [5.74, 6) is 0. The number of rotatable bonds is 8. The van der Waals surface area contributed by atoms with E-state index in [0.717, 1.165) is 24.2 Å². The lowest BCUT2D eigenvalue weighted by Gasteiger charge is -2.07. The lowest BCUT2D eigenvalue weighted by Crippen LogP contribution is -2.24. The molecule has 0 fully saturated rings. The Morgan fingerprint density at radius 2 is 2.21 bits per heavy atom. The Morgan fingerprint density at radius 1 is 1.42 bits per heavy atom. The molecule has 1 aromatic carbocycles. The first-order valence-electron chi connectivity index (χ1n) is 6.48. The summed E-state index contributed by atoms with van der Waals surface area (Å²) < 4.78 is 5.62. The summed E-state index contributed by atoms with van der Waals surface area (Å²) in [5.41, 5.74) is 9.05. The molecule has 0 unspecified atom stereocenters. The molecule has 1 aromatic rings. The van der Waals surface area contributed by atoms with Crippen molar-refractivity contribution in [2.24, 2.45) is 10.8 Å². The van der Waals surface area contributed by atoms with Gasteiger partial charge in [0.05, 0.1) is 12.8 Å². The maximum absolute atomic E-state index is 10.5. The SMILES string of the molecule is CCCCCOCc1ccccc1C=NNC(N)=O. The minimum Gasteiger partial charge on any atom is -0.377 e. The monoisotopic (exact) mass is 263 g/mol. The molecule has 5 nitrogen and oxygen atoms in total. The van der Waals surface area contributed by atoms with Gasteiger partial charge in [-0.05, 0) is 12.0 Å². The van der Waals surface area contributed by atoms with Gasteiger partial charge in [0.2, 0.25) is 0 Å². The third-order valence-electron chi connectivity index (χ3n) is 2.58. The Hall–Kier alpha value is -1.88. The first kappa shape index (κ1) is 15.2. The predicted molar refractivity (Wildman–Crippen MR) is 75.9 cm³/mol. The Labute approximate surface area is 113 Å². The molecule has 0 aliphatic rings. The number of urea groups is 1. The highest BCUT2D eigenvalue weighted by Crippen LogP contribution is 2.08. The smallest absolute Gasteiger partial charge is 0.332 e. The third kappa shape index (κ3) is 6.57. The largest absolute Gasteiger partial charge is 0.377 e. The summed E-state index contributed by atoms with van der Waals surface area (Å²) in [6, 6.07) is 7.07. The van der Waals surface area contributed by atoms with Gasteiger partial charge in [0.15, 0.2) is 0 Å². The van der Waals surface area contributed by atoms with Gasteiger partial charge in [-0.1, -0.05) is 44.0 Å². The van der Waals surface area contributed by atoms with Crippen molar-refractivity contribution >= 4 is 12.2 Å². The van der Waals surface area contributed by atoms with E-state index < -0.39 is 6.03 Å². The molecule has 19 heavy (non-hydrogen) atoms. The molecule has 0 saturated carbocycles. The van der Waals surface area contributed by atoms with E-state index in [0.29, 0.717) is 6.61 Å². The number of hydrazone groups is 1. The number of carbonyl (C=O) groups is 1. The number of carbonyl (C=O) groups excluding carboxylic acids is 1. The highest BCUT2D eigenvalue weighted by molar-refractivity contribution is 5.83. The van der Waals surface area contributed by atoms with Gasteiger partial charge in [0.25, 0.3) is 0 Å². The number of hydrogen-bond acceptors (Lipinski definition) is 3. The minimum absolute atomic E-state index is 0.544. The molecule has 1 rings (SSSR count). The summed E-state index contributed by atoms with van der Waals surface area (Å²) in [4.78, 5) is 10.5. The van der Waals surface area contributed by atoms with Gasteiger partial charge in [0, 0.05) is 12.2 Å². The van der Waals surface area contributed by atoms with Gasteiger partial charge >= 0.3 is 6.03 Å². The topological polar surface area (TPSA) is 76.7 Å². The van der Waals surface area contributed by atoms with Crippen LogP contribution in [0, 0.1) is 0 Å². The number of nitrogens with two attached hydrogens (primary N) is 1. The Kier molecular flexibility index (Phi) is 7.27. The van der Waals surface area contributed by atoms with Crippen LogP contribution in [0.3, 0.4) is 0 Å². The molecule has 2 amide bonds. The van der Waals surface area contributed by atoms with Crippen molar-refractivity contribution in [3.05, 3.63) is 35.4 Å². The van der Waals surface area contributed by atoms with E-state index in [-0.39, 0.29) is 0 Å². The van der Waals surface area contributed by atoms with E-state index in [1.54, 1.807) is 6.21 Å². The second kappa shape index (κ2) is 9.10. The van der Waals surface area contributed by atoms with E-state index in [2.05, 4.69) is 17.5 Å². The Morgan fingerprint density at radius 3 is 2.95 bits per heavy atom. The zero-order chi connectivity index (χ0) is 13.9. The fraction of sp³-hybridized carbons (Fsp3) is 0.429. The van der Waals surface area contributed by atoms with Gasteiger partial charge in [0.1, 0.15) is 0 Å². The van der Waals surface area contributed by atoms with Gasteiger partial charge < -0.3 is 10.5 Å². The molecule has 0 aliphatic heterocycles. The Balaban J connectivity index is 2.48. The van der Waals surface area contributed by atoms with Crippen molar-refractivity contribution in [1.82, 2.24) is 5.43 Å². The molecule has 0 aliphatic carbocycles. The normalized spacial score (nSPS) is 10.8. The second-order valence-corrected chi connectivity index (χ2v) is 4.19. The van der Waals surface area contributed by atoms with Crippen molar-refractivity contribution in [1.29, 1.82) is 0 Å². The molecule has 5 heteroatoms. The summed E-state index contributed by atoms with van der Waals surface area (Å²) in [5, 5.41) is 3.75. The van der Waals surface area contributed by atoms with E-state index in [4.69, 9.17) is 10.5 Å². The molecule has 0 aromatic heterocycles. The van der Waals surface area contributed by atoms with E-state index in [9.17, 15) is 4.79 Å². The standard InChI is InChI=1S/C14H21N3O2/c1-2-3-6-9-19-11-13-8-5-4-7-12(13)10-16-17-14(15)18/h4-5,7-8,10H,2-3,6,9,11H2,1H3,(H3,15,17,18). The highest BCUT2D eigenvalue weighted by atomic mass is 16.5. The quantitative estimate of drug-likeness (QED) is 0.429. The maximum atomic E-state index is 10.5. The van der Waals surface area contributed by atoms with Crippen LogP contribution in [-0.2, 0) is 11.3 Å². The molecule has 0 heterocycles. The average Bonchev–Trinajstić information content (AvgIpc) is 2.40. The van der Waals surface area contributed by atoms with E-state index in [1.165, 1.54) is 12.8 Å². The number of nitrogens with one attached hydrogen (secondary N) is 1. The lowest BCUT2D eigenvalue weighted by molar-refractivity contribution is 0.117. The first-order chi connectivity index (χ1) is 9.24. The molecular weight excluding hydrogens is 242 g/mol. The molecule has 104 valence electrons. The van der Waals surface area contributed by atoms with Crippen molar-refractivity contribution in [2.45, 2.75) is 32.8 Å². The minimum atomic E-state index is -0.676. The van der Waals surface area contributed by atoms with Crippen molar-refractivity contribution in [2.75, 3.05) is 6.61 Å². The van der Waals surface area contributed by atoms with Crippen LogP contribution in [0.2, 0.25) is 0 Å². The zero-order valence-electron chi connectivity index (χ0n) is 11.3. The van der Waals surface area contributed by atoms with Crippen molar-refractivity contribution < 1.29 is 9.53 Å². The van der Waals surface area contributed by atoms with Gasteiger partial charge in [-0.15, -0.1) is 0 Å². The van der Waals surface area contributed by atoms with Gasteiger partial charge in [-0.2, -0.15) is 5.10 Å². The van der Waals surface area contributed by atoms with Crippen LogP contribution in [-0.4, -0.2) is 18.9 Å². The molecule has 0 saturated heterocycles. The van der Waals surface area contributed by atoms with E-state index >= 15 is 0 Å². The van der Waals surface area contributed by atoms with Crippen LogP contribution in [0.15, 0.2) is 29.4 Å². The van der Waals surface area contributed by atoms with Crippen LogP contribution in [0.1, 0.15) is 37.3 Å². The first-order valence-corrected chi connectivity index (χ1v) is 6.48. The number of primary amides is 1. The molecule has 0 spiro atoms. The molecule has 0 atom stereocenters. The molecule has 3 N–H and O–H groups in total. The lowest BCUT2D eigenvalue weighted by atomic mass is 10.1. The van der Waals surface area contributed by atoms with E-state index in [1.807, 2.05) is 24.3 Å². The predicted octanol–water partition coefficient (Wildman–Crippen LogP) is 2.40. The number of nitrogens with zero attached hydrogens (tertiary/aromatic N) is 1. The van der Waals surface area contributed by atoms with Crippen LogP contribution >= 0.6 is 0 Å². The third-order valence-corrected chi connectivity index (χ3v) is 2.58. The summed E-state index contributed by atoms with van der Waals surface area (Å²) in [6.45, 7) is 3.47. The van der Waals surface area contributed by atoms with Gasteiger partial charge in [-0.3, -0.25) is 0 Å². The number of unbranched alkanes of at least 4 members (excludes halogenated alkanes) is 2. The molecular formula is C14H21N3O2. The summed E-state index contributed by atoms with van der Waals surface area (Å²) in [6.07, 6.45) is 5.02. The average molecular weight is 263 g/mol. The van der Waals surface area contributed by atoms with Crippen molar-refractivity contribution in [3.63, 3.8) is 0 Å². The van der Waals surface area contributed by atoms with Crippen LogP contribution in [0.4, 0.5) is 4.79 Å². The summed E-state index contributed by atoms with van der Waals surface area (Å²) in [7, 11) is 0. The maximum Gasteiger partial charge on any atom is 0.332 e. The van der Waals surface area contributed by atoms with Crippen LogP contribution in [0.5, 0.6) is 0 Å². The van der Waals surface area contributed by atoms with Crippen LogP contribution < -0.4 is 11.2 Å². The molecule has 0 bridgehead atoms. The molecule has 0 radical (unpaired) electrons. The van der Waals surface area contributed by atoms with Crippen LogP contribution in [0.25, 0.3) is 0 Å². The number of benzene rings is 1. The zero-order valence-corrected chi connectivity index (χ0v) is 11.3. The van der Waals surface area contributed by atoms with Crippen molar-refractivity contribution in [3.8, 4) is 0 Å². The highest BCUT2D eigenvalue weighted by Gasteiger charge is 1.99. The second-order valence-electron chi connectivity index (χ2n) is 4.19. The fourth-order valence-electron chi connectivity index (χ4n) is 1.59. The Bertz CT molecular complexity index is 419. The van der Waals surface area contributed by atoms with Gasteiger partial charge in [-0.25, -0.2) is 10.2 Å².